The van der Waals surface area contributed by atoms with Crippen LogP contribution in [0.1, 0.15) is 6.42 Å². The van der Waals surface area contributed by atoms with Crippen molar-refractivity contribution in [3.63, 3.8) is 0 Å². The molecule has 0 amide bonds. The Morgan fingerprint density at radius 1 is 1.26 bits per heavy atom. The Kier molecular flexibility index (Phi) is 3.07. The highest BCUT2D eigenvalue weighted by Gasteiger charge is 2.42. The maximum atomic E-state index is 13.6. The topological polar surface area (TPSA) is 49.4 Å². The first kappa shape index (κ1) is 13.0. The van der Waals surface area contributed by atoms with E-state index in [1.54, 1.807) is 0 Å². The number of sulfonamides is 1. The Balaban J connectivity index is 1.91. The van der Waals surface area contributed by atoms with Crippen LogP contribution < -0.4 is 5.32 Å². The number of benzene rings is 1. The van der Waals surface area contributed by atoms with Gasteiger partial charge in [0.15, 0.2) is 0 Å². The van der Waals surface area contributed by atoms with Crippen LogP contribution in [0.2, 0.25) is 0 Å². The summed E-state index contributed by atoms with van der Waals surface area (Å²) >= 11 is 0. The molecular weight excluding hydrogens is 274 g/mol. The van der Waals surface area contributed by atoms with E-state index in [0.29, 0.717) is 25.1 Å². The van der Waals surface area contributed by atoms with Gasteiger partial charge < -0.3 is 5.32 Å². The molecule has 0 saturated carbocycles. The zero-order valence-electron chi connectivity index (χ0n) is 10.1. The number of nitrogens with zero attached hydrogens (tertiary/aromatic N) is 1. The Labute approximate surface area is 110 Å². The van der Waals surface area contributed by atoms with Crippen LogP contribution in [0.4, 0.5) is 8.78 Å². The molecule has 19 heavy (non-hydrogen) atoms. The van der Waals surface area contributed by atoms with E-state index in [4.69, 9.17) is 0 Å². The van der Waals surface area contributed by atoms with Gasteiger partial charge in [0, 0.05) is 25.2 Å². The summed E-state index contributed by atoms with van der Waals surface area (Å²) in [4.78, 5) is -0.450. The molecule has 2 aliphatic heterocycles. The van der Waals surface area contributed by atoms with E-state index in [1.165, 1.54) is 4.31 Å². The maximum absolute atomic E-state index is 13.6. The minimum Gasteiger partial charge on any atom is -0.312 e. The SMILES string of the molecule is O=S(=O)(c1ccc(F)cc1F)N1C[C@@H]2CCN[C@@H]2C1. The molecule has 1 aromatic carbocycles. The van der Waals surface area contributed by atoms with Gasteiger partial charge in [-0.05, 0) is 31.0 Å². The van der Waals surface area contributed by atoms with Crippen LogP contribution in [0.3, 0.4) is 0 Å². The molecule has 4 nitrogen and oxygen atoms in total. The van der Waals surface area contributed by atoms with Crippen molar-refractivity contribution < 1.29 is 17.2 Å². The first-order chi connectivity index (χ1) is 8.98. The third kappa shape index (κ3) is 2.15. The average molecular weight is 288 g/mol. The molecule has 0 aromatic heterocycles. The van der Waals surface area contributed by atoms with Gasteiger partial charge in [0.1, 0.15) is 16.5 Å². The zero-order chi connectivity index (χ0) is 13.6. The number of fused-ring (bicyclic) bond motifs is 1. The van der Waals surface area contributed by atoms with Crippen LogP contribution in [0.25, 0.3) is 0 Å². The van der Waals surface area contributed by atoms with Gasteiger partial charge in [-0.2, -0.15) is 4.31 Å². The fourth-order valence-corrected chi connectivity index (χ4v) is 4.40. The second kappa shape index (κ2) is 4.50. The molecular formula is C12H14F2N2O2S. The van der Waals surface area contributed by atoms with E-state index in [0.717, 1.165) is 25.1 Å². The fraction of sp³-hybridized carbons (Fsp3) is 0.500. The van der Waals surface area contributed by atoms with E-state index in [9.17, 15) is 17.2 Å². The van der Waals surface area contributed by atoms with E-state index in [-0.39, 0.29) is 6.04 Å². The summed E-state index contributed by atoms with van der Waals surface area (Å²) in [5.41, 5.74) is 0. The summed E-state index contributed by atoms with van der Waals surface area (Å²) in [5, 5.41) is 3.24. The molecule has 0 bridgehead atoms. The van der Waals surface area contributed by atoms with Gasteiger partial charge in [0.05, 0.1) is 0 Å². The molecule has 3 rings (SSSR count). The van der Waals surface area contributed by atoms with Gasteiger partial charge in [-0.1, -0.05) is 0 Å². The van der Waals surface area contributed by atoms with E-state index in [1.807, 2.05) is 0 Å². The highest BCUT2D eigenvalue weighted by atomic mass is 32.2. The lowest BCUT2D eigenvalue weighted by molar-refractivity contribution is 0.442. The molecule has 2 aliphatic rings. The molecule has 0 unspecified atom stereocenters. The lowest BCUT2D eigenvalue weighted by Gasteiger charge is -2.17. The molecule has 0 spiro atoms. The Morgan fingerprint density at radius 2 is 2.05 bits per heavy atom. The van der Waals surface area contributed by atoms with Crippen molar-refractivity contribution in [2.75, 3.05) is 19.6 Å². The normalized spacial score (nSPS) is 27.7. The standard InChI is InChI=1S/C12H14F2N2O2S/c13-9-1-2-12(10(14)5-9)19(17,18)16-6-8-3-4-15-11(8)7-16/h1-2,5,8,11,15H,3-4,6-7H2/t8-,11+/m0/s1. The van der Waals surface area contributed by atoms with Crippen LogP contribution in [-0.4, -0.2) is 38.4 Å². The fourth-order valence-electron chi connectivity index (χ4n) is 2.83. The van der Waals surface area contributed by atoms with Gasteiger partial charge in [0.2, 0.25) is 10.0 Å². The van der Waals surface area contributed by atoms with Gasteiger partial charge in [-0.3, -0.25) is 0 Å². The number of hydrogen-bond donors (Lipinski definition) is 1. The van der Waals surface area contributed by atoms with Crippen molar-refractivity contribution in [1.82, 2.24) is 9.62 Å². The van der Waals surface area contributed by atoms with Crippen LogP contribution in [0.5, 0.6) is 0 Å². The minimum absolute atomic E-state index is 0.151. The van der Waals surface area contributed by atoms with E-state index in [2.05, 4.69) is 5.32 Å². The molecule has 2 atom stereocenters. The van der Waals surface area contributed by atoms with Gasteiger partial charge >= 0.3 is 0 Å². The van der Waals surface area contributed by atoms with Crippen LogP contribution in [0, 0.1) is 17.6 Å². The number of halogens is 2. The monoisotopic (exact) mass is 288 g/mol. The predicted molar refractivity (Wildman–Crippen MR) is 65.0 cm³/mol. The first-order valence-electron chi connectivity index (χ1n) is 6.17. The lowest BCUT2D eigenvalue weighted by Crippen LogP contribution is -2.34. The summed E-state index contributed by atoms with van der Waals surface area (Å²) < 4.78 is 52.4. The maximum Gasteiger partial charge on any atom is 0.246 e. The second-order valence-corrected chi connectivity index (χ2v) is 6.91. The summed E-state index contributed by atoms with van der Waals surface area (Å²) in [6.45, 7) is 1.65. The second-order valence-electron chi connectivity index (χ2n) is 5.01. The highest BCUT2D eigenvalue weighted by molar-refractivity contribution is 7.89. The summed E-state index contributed by atoms with van der Waals surface area (Å²) in [6, 6.07) is 2.70. The molecule has 1 aromatic rings. The number of hydrogen-bond acceptors (Lipinski definition) is 3. The molecule has 104 valence electrons. The summed E-state index contributed by atoms with van der Waals surface area (Å²) in [5.74, 6) is -1.53. The van der Waals surface area contributed by atoms with E-state index >= 15 is 0 Å². The minimum atomic E-state index is -3.88. The Hall–Kier alpha value is -1.05. The molecule has 0 aliphatic carbocycles. The van der Waals surface area contributed by atoms with Crippen molar-refractivity contribution in [3.05, 3.63) is 29.8 Å². The van der Waals surface area contributed by atoms with Gasteiger partial charge in [-0.25, -0.2) is 17.2 Å². The average Bonchev–Trinajstić information content (AvgIpc) is 2.87. The molecule has 2 saturated heterocycles. The Morgan fingerprint density at radius 3 is 2.74 bits per heavy atom. The third-order valence-electron chi connectivity index (χ3n) is 3.84. The van der Waals surface area contributed by atoms with Crippen molar-refractivity contribution in [1.29, 1.82) is 0 Å². The smallest absolute Gasteiger partial charge is 0.246 e. The summed E-state index contributed by atoms with van der Waals surface area (Å²) in [7, 11) is -3.88. The Bertz CT molecular complexity index is 594. The van der Waals surface area contributed by atoms with Gasteiger partial charge in [0.25, 0.3) is 0 Å². The summed E-state index contributed by atoms with van der Waals surface area (Å²) in [6.07, 6.45) is 0.933. The van der Waals surface area contributed by atoms with Crippen LogP contribution in [0.15, 0.2) is 23.1 Å². The van der Waals surface area contributed by atoms with Gasteiger partial charge in [-0.15, -0.1) is 0 Å². The van der Waals surface area contributed by atoms with Crippen molar-refractivity contribution in [2.45, 2.75) is 17.4 Å². The number of rotatable bonds is 2. The van der Waals surface area contributed by atoms with Crippen molar-refractivity contribution in [2.24, 2.45) is 5.92 Å². The van der Waals surface area contributed by atoms with Crippen LogP contribution in [-0.2, 0) is 10.0 Å². The lowest BCUT2D eigenvalue weighted by atomic mass is 10.1. The predicted octanol–water partition coefficient (Wildman–Crippen LogP) is 0.947. The quantitative estimate of drug-likeness (QED) is 0.881. The van der Waals surface area contributed by atoms with Crippen molar-refractivity contribution >= 4 is 10.0 Å². The molecule has 0 radical (unpaired) electrons. The molecule has 2 fully saturated rings. The molecule has 7 heteroatoms. The molecule has 2 heterocycles. The third-order valence-corrected chi connectivity index (χ3v) is 5.71. The number of nitrogens with one attached hydrogen (secondary N) is 1. The van der Waals surface area contributed by atoms with Crippen molar-refractivity contribution in [3.8, 4) is 0 Å². The van der Waals surface area contributed by atoms with Crippen LogP contribution >= 0.6 is 0 Å². The van der Waals surface area contributed by atoms with E-state index < -0.39 is 26.6 Å². The largest absolute Gasteiger partial charge is 0.312 e. The molecule has 1 N–H and O–H groups in total. The zero-order valence-corrected chi connectivity index (χ0v) is 11.0. The first-order valence-corrected chi connectivity index (χ1v) is 7.61. The highest BCUT2D eigenvalue weighted by Crippen LogP contribution is 2.30.